The highest BCUT2D eigenvalue weighted by Gasteiger charge is 2.44. The van der Waals surface area contributed by atoms with E-state index in [1.165, 1.54) is 24.2 Å². The summed E-state index contributed by atoms with van der Waals surface area (Å²) in [6, 6.07) is 1.47. The summed E-state index contributed by atoms with van der Waals surface area (Å²) in [6.45, 7) is 4.39. The molecule has 32 heavy (non-hydrogen) atoms. The van der Waals surface area contributed by atoms with E-state index in [0.29, 0.717) is 24.1 Å². The molecule has 0 bridgehead atoms. The summed E-state index contributed by atoms with van der Waals surface area (Å²) < 4.78 is 1.02. The first-order valence-electron chi connectivity index (χ1n) is 11.0. The zero-order valence-electron chi connectivity index (χ0n) is 18.1. The van der Waals surface area contributed by atoms with Crippen LogP contribution in [0.3, 0.4) is 0 Å². The Hall–Kier alpha value is -2.40. The van der Waals surface area contributed by atoms with Gasteiger partial charge in [-0.15, -0.1) is 11.3 Å². The maximum absolute atomic E-state index is 10.6. The van der Waals surface area contributed by atoms with E-state index >= 15 is 0 Å². The van der Waals surface area contributed by atoms with E-state index in [1.807, 2.05) is 13.0 Å². The zero-order valence-corrected chi connectivity index (χ0v) is 18.9. The monoisotopic (exact) mass is 456 g/mol. The number of aliphatic hydroxyl groups is 3. The molecule has 10 heteroatoms. The number of fused-ring (bicyclic) bond motifs is 1. The Morgan fingerprint density at radius 2 is 2.00 bits per heavy atom. The van der Waals surface area contributed by atoms with Crippen LogP contribution in [0.4, 0.5) is 11.8 Å². The van der Waals surface area contributed by atoms with Gasteiger partial charge in [0.15, 0.2) is 0 Å². The molecule has 5 rings (SSSR count). The molecule has 2 fully saturated rings. The number of nitrogens with zero attached hydrogens (tertiary/aromatic N) is 4. The van der Waals surface area contributed by atoms with E-state index < -0.39 is 30.3 Å². The number of aliphatic hydroxyl groups excluding tert-OH is 3. The summed E-state index contributed by atoms with van der Waals surface area (Å²) in [6.07, 6.45) is 3.62. The average Bonchev–Trinajstić information content (AvgIpc) is 3.43. The Morgan fingerprint density at radius 3 is 2.69 bits per heavy atom. The standard InChI is InChI=1S/C22H28N6O3S/c1-10-17(21-27-15-9-23-6-5-16(15)32-21)20(28-22(25-10)24-8-12-3-4-12)26-14-7-13(11(2)29)18(30)19(14)31/h5-6,9,11-14,18-19,29-31H,3-4,7-8H2,1-2H3,(H2,24,25,26,28)/t11?,13-,14+,18+,19-/m0/s1. The van der Waals surface area contributed by atoms with Crippen LogP contribution in [0, 0.1) is 18.8 Å². The highest BCUT2D eigenvalue weighted by atomic mass is 32.1. The van der Waals surface area contributed by atoms with Crippen molar-refractivity contribution in [1.29, 1.82) is 0 Å². The van der Waals surface area contributed by atoms with Gasteiger partial charge in [-0.2, -0.15) is 4.98 Å². The van der Waals surface area contributed by atoms with Gasteiger partial charge in [0.1, 0.15) is 22.4 Å². The third kappa shape index (κ3) is 4.15. The lowest BCUT2D eigenvalue weighted by Gasteiger charge is -2.21. The normalized spacial score (nSPS) is 26.4. The number of pyridine rings is 1. The van der Waals surface area contributed by atoms with Crippen LogP contribution in [0.2, 0.25) is 0 Å². The fourth-order valence-corrected chi connectivity index (χ4v) is 5.35. The van der Waals surface area contributed by atoms with Crippen molar-refractivity contribution in [2.75, 3.05) is 17.2 Å². The summed E-state index contributed by atoms with van der Waals surface area (Å²) in [5.41, 5.74) is 2.34. The summed E-state index contributed by atoms with van der Waals surface area (Å²) in [5, 5.41) is 38.5. The molecule has 2 aliphatic rings. The quantitative estimate of drug-likeness (QED) is 0.362. The van der Waals surface area contributed by atoms with E-state index in [0.717, 1.165) is 33.0 Å². The van der Waals surface area contributed by atoms with Crippen molar-refractivity contribution in [3.8, 4) is 10.6 Å². The number of aryl methyl sites for hydroxylation is 1. The molecule has 0 aliphatic heterocycles. The van der Waals surface area contributed by atoms with Gasteiger partial charge in [-0.1, -0.05) is 0 Å². The second-order valence-electron chi connectivity index (χ2n) is 8.92. The molecule has 9 nitrogen and oxygen atoms in total. The van der Waals surface area contributed by atoms with Crippen LogP contribution in [-0.4, -0.2) is 66.2 Å². The molecule has 3 heterocycles. The molecule has 5 N–H and O–H groups in total. The lowest BCUT2D eigenvalue weighted by Crippen LogP contribution is -2.36. The summed E-state index contributed by atoms with van der Waals surface area (Å²) in [5.74, 6) is 1.36. The molecule has 0 aromatic carbocycles. The lowest BCUT2D eigenvalue weighted by atomic mass is 10.00. The van der Waals surface area contributed by atoms with Gasteiger partial charge in [-0.25, -0.2) is 9.97 Å². The van der Waals surface area contributed by atoms with Crippen molar-refractivity contribution in [3.05, 3.63) is 24.2 Å². The van der Waals surface area contributed by atoms with E-state index in [2.05, 4.69) is 20.6 Å². The number of thiazole rings is 1. The number of anilines is 2. The van der Waals surface area contributed by atoms with Crippen molar-refractivity contribution in [2.45, 2.75) is 57.5 Å². The minimum atomic E-state index is -1.01. The van der Waals surface area contributed by atoms with Crippen LogP contribution in [0.15, 0.2) is 18.5 Å². The van der Waals surface area contributed by atoms with Gasteiger partial charge in [0.25, 0.3) is 0 Å². The third-order valence-electron chi connectivity index (χ3n) is 6.41. The van der Waals surface area contributed by atoms with Gasteiger partial charge in [0, 0.05) is 18.7 Å². The Bertz CT molecular complexity index is 1090. The molecule has 0 saturated heterocycles. The predicted octanol–water partition coefficient (Wildman–Crippen LogP) is 2.18. The van der Waals surface area contributed by atoms with E-state index in [-0.39, 0.29) is 0 Å². The van der Waals surface area contributed by atoms with Gasteiger partial charge in [0.2, 0.25) is 5.95 Å². The SMILES string of the molecule is Cc1nc(NCC2CC2)nc(N[C@@H]2C[C@@H](C(C)O)[C@@H](O)[C@H]2O)c1-c1nc2cnccc2s1. The predicted molar refractivity (Wildman–Crippen MR) is 124 cm³/mol. The van der Waals surface area contributed by atoms with Crippen molar-refractivity contribution in [2.24, 2.45) is 11.8 Å². The smallest absolute Gasteiger partial charge is 0.224 e. The van der Waals surface area contributed by atoms with Crippen LogP contribution in [0.5, 0.6) is 0 Å². The highest BCUT2D eigenvalue weighted by molar-refractivity contribution is 7.21. The number of aromatic nitrogens is 4. The maximum atomic E-state index is 10.6. The first-order valence-corrected chi connectivity index (χ1v) is 11.9. The first-order chi connectivity index (χ1) is 15.4. The van der Waals surface area contributed by atoms with Gasteiger partial charge >= 0.3 is 0 Å². The van der Waals surface area contributed by atoms with Crippen molar-refractivity contribution >= 4 is 33.3 Å². The van der Waals surface area contributed by atoms with Crippen molar-refractivity contribution < 1.29 is 15.3 Å². The molecule has 2 aliphatic carbocycles. The third-order valence-corrected chi connectivity index (χ3v) is 7.46. The van der Waals surface area contributed by atoms with E-state index in [4.69, 9.17) is 9.97 Å². The highest BCUT2D eigenvalue weighted by Crippen LogP contribution is 2.38. The minimum Gasteiger partial charge on any atom is -0.393 e. The van der Waals surface area contributed by atoms with Crippen LogP contribution in [0.1, 0.15) is 31.9 Å². The number of hydrogen-bond acceptors (Lipinski definition) is 10. The second-order valence-corrected chi connectivity index (χ2v) is 9.95. The Labute approximate surface area is 190 Å². The van der Waals surface area contributed by atoms with Gasteiger partial charge in [0.05, 0.1) is 40.4 Å². The molecule has 0 spiro atoms. The summed E-state index contributed by atoms with van der Waals surface area (Å²) in [7, 11) is 0. The molecule has 0 radical (unpaired) electrons. The molecule has 2 saturated carbocycles. The van der Waals surface area contributed by atoms with Crippen molar-refractivity contribution in [1.82, 2.24) is 19.9 Å². The van der Waals surface area contributed by atoms with E-state index in [9.17, 15) is 15.3 Å². The van der Waals surface area contributed by atoms with Gasteiger partial charge < -0.3 is 26.0 Å². The number of hydrogen-bond donors (Lipinski definition) is 5. The molecule has 170 valence electrons. The molecule has 5 atom stereocenters. The average molecular weight is 457 g/mol. The van der Waals surface area contributed by atoms with Gasteiger partial charge in [-0.3, -0.25) is 4.98 Å². The largest absolute Gasteiger partial charge is 0.393 e. The summed E-state index contributed by atoms with van der Waals surface area (Å²) >= 11 is 1.53. The molecule has 3 aromatic rings. The Morgan fingerprint density at radius 1 is 1.19 bits per heavy atom. The van der Waals surface area contributed by atoms with Crippen LogP contribution < -0.4 is 10.6 Å². The van der Waals surface area contributed by atoms with E-state index in [1.54, 1.807) is 19.3 Å². The second kappa shape index (κ2) is 8.51. The Kier molecular flexibility index (Phi) is 5.70. The fraction of sp³-hybridized carbons (Fsp3) is 0.545. The minimum absolute atomic E-state index is 0.408. The van der Waals surface area contributed by atoms with Crippen LogP contribution >= 0.6 is 11.3 Å². The van der Waals surface area contributed by atoms with Gasteiger partial charge in [-0.05, 0) is 45.1 Å². The molecule has 0 amide bonds. The van der Waals surface area contributed by atoms with Crippen molar-refractivity contribution in [3.63, 3.8) is 0 Å². The Balaban J connectivity index is 1.52. The molecule has 3 aromatic heterocycles. The number of nitrogens with one attached hydrogen (secondary N) is 2. The molecular formula is C22H28N6O3S. The number of rotatable bonds is 7. The summed E-state index contributed by atoms with van der Waals surface area (Å²) in [4.78, 5) is 18.3. The first kappa shape index (κ1) is 21.4. The van der Waals surface area contributed by atoms with Crippen LogP contribution in [0.25, 0.3) is 20.8 Å². The topological polar surface area (TPSA) is 136 Å². The van der Waals surface area contributed by atoms with Crippen LogP contribution in [-0.2, 0) is 0 Å². The lowest BCUT2D eigenvalue weighted by molar-refractivity contribution is -0.0162. The zero-order chi connectivity index (χ0) is 22.4. The molecule has 1 unspecified atom stereocenters. The molecular weight excluding hydrogens is 428 g/mol. The maximum Gasteiger partial charge on any atom is 0.224 e. The fourth-order valence-electron chi connectivity index (χ4n) is 4.32.